The Labute approximate surface area is 105 Å². The van der Waals surface area contributed by atoms with Gasteiger partial charge >= 0.3 is 5.69 Å². The molecule has 0 aliphatic heterocycles. The highest BCUT2D eigenvalue weighted by Crippen LogP contribution is 2.50. The summed E-state index contributed by atoms with van der Waals surface area (Å²) in [5.74, 6) is -0.315. The Hall–Kier alpha value is -1.65. The van der Waals surface area contributed by atoms with Crippen molar-refractivity contribution in [3.8, 4) is 0 Å². The number of hydrogen-bond donors (Lipinski definition) is 1. The molecule has 0 bridgehead atoms. The van der Waals surface area contributed by atoms with Crippen LogP contribution in [0.3, 0.4) is 0 Å². The highest BCUT2D eigenvalue weighted by Gasteiger charge is 2.42. The van der Waals surface area contributed by atoms with Gasteiger partial charge in [-0.1, -0.05) is 13.3 Å². The van der Waals surface area contributed by atoms with Crippen molar-refractivity contribution in [1.29, 1.82) is 0 Å². The smallest absolute Gasteiger partial charge is 0.313 e. The lowest BCUT2D eigenvalue weighted by Crippen LogP contribution is -2.39. The first-order chi connectivity index (χ1) is 8.49. The number of H-pyrrole nitrogens is 1. The van der Waals surface area contributed by atoms with Crippen LogP contribution in [-0.2, 0) is 6.54 Å². The molecule has 0 amide bonds. The molecule has 1 N–H and O–H groups in total. The molecule has 1 aliphatic carbocycles. The predicted octanol–water partition coefficient (Wildman–Crippen LogP) is 1.32. The quantitative estimate of drug-likeness (QED) is 0.801. The number of nitrogens with zero attached hydrogens (tertiary/aromatic N) is 1. The minimum absolute atomic E-state index is 0.0573. The van der Waals surface area contributed by atoms with Crippen LogP contribution in [0.5, 0.6) is 0 Å². The predicted molar refractivity (Wildman–Crippen MR) is 67.9 cm³/mol. The molecule has 1 heterocycles. The fourth-order valence-corrected chi connectivity index (χ4v) is 2.44. The van der Waals surface area contributed by atoms with E-state index in [1.165, 1.54) is 17.7 Å². The summed E-state index contributed by atoms with van der Waals surface area (Å²) >= 11 is 0. The molecule has 5 heteroatoms. The first-order valence-electron chi connectivity index (χ1n) is 6.32. The Morgan fingerprint density at radius 3 is 2.61 bits per heavy atom. The largest absolute Gasteiger partial charge is 0.328 e. The molecule has 0 atom stereocenters. The van der Waals surface area contributed by atoms with Crippen molar-refractivity contribution in [2.45, 2.75) is 46.1 Å². The van der Waals surface area contributed by atoms with Gasteiger partial charge in [0.15, 0.2) is 5.78 Å². The summed E-state index contributed by atoms with van der Waals surface area (Å²) in [6, 6.07) is 0. The zero-order valence-electron chi connectivity index (χ0n) is 10.8. The topological polar surface area (TPSA) is 71.9 Å². The summed E-state index contributed by atoms with van der Waals surface area (Å²) in [5.41, 5.74) is -0.732. The minimum atomic E-state index is -0.464. The van der Waals surface area contributed by atoms with Gasteiger partial charge in [-0.25, -0.2) is 4.79 Å². The van der Waals surface area contributed by atoms with E-state index < -0.39 is 11.2 Å². The van der Waals surface area contributed by atoms with Crippen molar-refractivity contribution in [2.75, 3.05) is 0 Å². The van der Waals surface area contributed by atoms with Gasteiger partial charge in [0.25, 0.3) is 5.56 Å². The van der Waals surface area contributed by atoms with Crippen molar-refractivity contribution in [3.63, 3.8) is 0 Å². The standard InChI is InChI=1S/C13H18N2O3/c1-3-4-13(5-6-13)8-15-11(17)10(9(2)16)7-14-12(15)18/h7H,3-6,8H2,1-2H3,(H,14,18). The molecule has 5 nitrogen and oxygen atoms in total. The van der Waals surface area contributed by atoms with E-state index >= 15 is 0 Å². The lowest BCUT2D eigenvalue weighted by atomic mass is 10.0. The van der Waals surface area contributed by atoms with Gasteiger partial charge in [0.2, 0.25) is 0 Å². The molecular formula is C13H18N2O3. The van der Waals surface area contributed by atoms with Crippen molar-refractivity contribution < 1.29 is 4.79 Å². The second-order valence-electron chi connectivity index (χ2n) is 5.20. The Balaban J connectivity index is 2.39. The van der Waals surface area contributed by atoms with E-state index in [1.807, 2.05) is 0 Å². The lowest BCUT2D eigenvalue weighted by Gasteiger charge is -2.15. The van der Waals surface area contributed by atoms with E-state index in [1.54, 1.807) is 0 Å². The molecule has 0 saturated heterocycles. The van der Waals surface area contributed by atoms with Crippen LogP contribution in [0.25, 0.3) is 0 Å². The van der Waals surface area contributed by atoms with Gasteiger partial charge in [0.1, 0.15) is 0 Å². The Morgan fingerprint density at radius 2 is 2.11 bits per heavy atom. The molecule has 98 valence electrons. The van der Waals surface area contributed by atoms with Crippen LogP contribution in [-0.4, -0.2) is 15.3 Å². The van der Waals surface area contributed by atoms with Gasteiger partial charge in [-0.15, -0.1) is 0 Å². The third-order valence-corrected chi connectivity index (χ3v) is 3.67. The van der Waals surface area contributed by atoms with Gasteiger partial charge in [0, 0.05) is 12.7 Å². The highest BCUT2D eigenvalue weighted by molar-refractivity contribution is 5.93. The first-order valence-corrected chi connectivity index (χ1v) is 6.32. The fourth-order valence-electron chi connectivity index (χ4n) is 2.44. The van der Waals surface area contributed by atoms with Crippen LogP contribution in [0, 0.1) is 5.41 Å². The molecule has 0 aromatic carbocycles. The van der Waals surface area contributed by atoms with E-state index in [0.29, 0.717) is 6.54 Å². The maximum absolute atomic E-state index is 12.1. The van der Waals surface area contributed by atoms with Crippen molar-refractivity contribution in [3.05, 3.63) is 32.6 Å². The summed E-state index contributed by atoms with van der Waals surface area (Å²) in [5, 5.41) is 0. The molecule has 1 aliphatic rings. The summed E-state index contributed by atoms with van der Waals surface area (Å²) in [4.78, 5) is 37.6. The summed E-state index contributed by atoms with van der Waals surface area (Å²) in [6.45, 7) is 3.85. The molecule has 1 fully saturated rings. The molecule has 0 radical (unpaired) electrons. The van der Waals surface area contributed by atoms with Crippen molar-refractivity contribution in [2.24, 2.45) is 5.41 Å². The number of nitrogens with one attached hydrogen (secondary N) is 1. The molecule has 2 rings (SSSR count). The lowest BCUT2D eigenvalue weighted by molar-refractivity contribution is 0.101. The van der Waals surface area contributed by atoms with Crippen LogP contribution >= 0.6 is 0 Å². The van der Waals surface area contributed by atoms with Crippen LogP contribution in [0.1, 0.15) is 49.9 Å². The average Bonchev–Trinajstić information content (AvgIpc) is 3.04. The van der Waals surface area contributed by atoms with E-state index in [4.69, 9.17) is 0 Å². The van der Waals surface area contributed by atoms with Gasteiger partial charge in [-0.3, -0.25) is 14.2 Å². The Morgan fingerprint density at radius 1 is 1.44 bits per heavy atom. The normalized spacial score (nSPS) is 16.6. The first kappa shape index (κ1) is 12.8. The third-order valence-electron chi connectivity index (χ3n) is 3.67. The number of ketones is 1. The number of aromatic amines is 1. The van der Waals surface area contributed by atoms with Gasteiger partial charge < -0.3 is 4.98 Å². The Kier molecular flexibility index (Phi) is 3.24. The Bertz CT molecular complexity index is 579. The van der Waals surface area contributed by atoms with Crippen LogP contribution < -0.4 is 11.2 Å². The van der Waals surface area contributed by atoms with Crippen LogP contribution in [0.2, 0.25) is 0 Å². The average molecular weight is 250 g/mol. The zero-order valence-corrected chi connectivity index (χ0v) is 10.8. The van der Waals surface area contributed by atoms with E-state index in [-0.39, 0.29) is 16.8 Å². The maximum Gasteiger partial charge on any atom is 0.328 e. The zero-order chi connectivity index (χ0) is 13.3. The maximum atomic E-state index is 12.1. The third kappa shape index (κ3) is 2.30. The van der Waals surface area contributed by atoms with Gasteiger partial charge in [0.05, 0.1) is 5.56 Å². The number of hydrogen-bond acceptors (Lipinski definition) is 3. The fraction of sp³-hybridized carbons (Fsp3) is 0.615. The highest BCUT2D eigenvalue weighted by atomic mass is 16.2. The van der Waals surface area contributed by atoms with Gasteiger partial charge in [-0.2, -0.15) is 0 Å². The summed E-state index contributed by atoms with van der Waals surface area (Å²) in [6.07, 6.45) is 5.37. The van der Waals surface area contributed by atoms with Crippen LogP contribution in [0.4, 0.5) is 0 Å². The number of Topliss-reactive ketones (excluding diaryl/α,β-unsaturated/α-hetero) is 1. The second-order valence-corrected chi connectivity index (χ2v) is 5.20. The van der Waals surface area contributed by atoms with Crippen LogP contribution in [0.15, 0.2) is 15.8 Å². The number of aromatic nitrogens is 2. The molecule has 1 aromatic rings. The molecule has 1 aromatic heterocycles. The molecule has 18 heavy (non-hydrogen) atoms. The van der Waals surface area contributed by atoms with E-state index in [9.17, 15) is 14.4 Å². The van der Waals surface area contributed by atoms with Gasteiger partial charge in [-0.05, 0) is 31.6 Å². The molecule has 1 saturated carbocycles. The van der Waals surface area contributed by atoms with Crippen molar-refractivity contribution in [1.82, 2.24) is 9.55 Å². The molecule has 0 spiro atoms. The number of rotatable bonds is 5. The minimum Gasteiger partial charge on any atom is -0.313 e. The molecular weight excluding hydrogens is 232 g/mol. The van der Waals surface area contributed by atoms with Crippen molar-refractivity contribution >= 4 is 5.78 Å². The summed E-state index contributed by atoms with van der Waals surface area (Å²) in [7, 11) is 0. The second kappa shape index (κ2) is 4.55. The van der Waals surface area contributed by atoms with E-state index in [2.05, 4.69) is 11.9 Å². The molecule has 0 unspecified atom stereocenters. The SMILES string of the molecule is CCCC1(Cn2c(=O)[nH]cc(C(C)=O)c2=O)CC1. The number of carbonyl (C=O) groups excluding carboxylic acids is 1. The monoisotopic (exact) mass is 250 g/mol. The number of carbonyl (C=O) groups is 1. The van der Waals surface area contributed by atoms with E-state index in [0.717, 1.165) is 25.7 Å². The summed E-state index contributed by atoms with van der Waals surface area (Å²) < 4.78 is 1.18.